The molecular formula is C11H16Cl2N2O2S. The molecule has 0 saturated carbocycles. The van der Waals surface area contributed by atoms with Gasteiger partial charge in [0.1, 0.15) is 0 Å². The molecule has 0 spiro atoms. The highest BCUT2D eigenvalue weighted by molar-refractivity contribution is 7.92. The molecule has 1 aromatic rings. The molecule has 1 rings (SSSR count). The Hall–Kier alpha value is -0.490. The van der Waals surface area contributed by atoms with Gasteiger partial charge in [-0.3, -0.25) is 4.72 Å². The van der Waals surface area contributed by atoms with Crippen LogP contribution in [0.25, 0.3) is 0 Å². The molecule has 0 heterocycles. The summed E-state index contributed by atoms with van der Waals surface area (Å²) in [4.78, 5) is 0. The van der Waals surface area contributed by atoms with Crippen LogP contribution in [0.1, 0.15) is 12.5 Å². The Labute approximate surface area is 118 Å². The summed E-state index contributed by atoms with van der Waals surface area (Å²) in [5.74, 6) is -0.0112. The van der Waals surface area contributed by atoms with E-state index in [4.69, 9.17) is 23.2 Å². The topological polar surface area (TPSA) is 58.2 Å². The van der Waals surface area contributed by atoms with Crippen LogP contribution >= 0.6 is 23.2 Å². The van der Waals surface area contributed by atoms with Crippen molar-refractivity contribution in [2.45, 2.75) is 13.8 Å². The molecule has 0 unspecified atom stereocenters. The summed E-state index contributed by atoms with van der Waals surface area (Å²) in [5, 5.41) is 3.76. The first-order chi connectivity index (χ1) is 8.35. The molecule has 0 aliphatic heterocycles. The maximum Gasteiger partial charge on any atom is 0.234 e. The van der Waals surface area contributed by atoms with Crippen LogP contribution in [-0.4, -0.2) is 27.3 Å². The van der Waals surface area contributed by atoms with Gasteiger partial charge in [-0.1, -0.05) is 30.1 Å². The zero-order chi connectivity index (χ0) is 13.8. The van der Waals surface area contributed by atoms with Gasteiger partial charge in [0.2, 0.25) is 10.0 Å². The smallest absolute Gasteiger partial charge is 0.234 e. The van der Waals surface area contributed by atoms with E-state index in [-0.39, 0.29) is 5.75 Å². The molecule has 1 aromatic carbocycles. The van der Waals surface area contributed by atoms with E-state index < -0.39 is 10.0 Å². The predicted molar refractivity (Wildman–Crippen MR) is 77.2 cm³/mol. The molecule has 0 saturated heterocycles. The fourth-order valence-electron chi connectivity index (χ4n) is 1.33. The summed E-state index contributed by atoms with van der Waals surface area (Å²) in [5.41, 5.74) is 1.11. The number of hydrogen-bond donors (Lipinski definition) is 2. The van der Waals surface area contributed by atoms with Gasteiger partial charge in [-0.2, -0.15) is 0 Å². The van der Waals surface area contributed by atoms with Crippen LogP contribution in [0, 0.1) is 6.92 Å². The van der Waals surface area contributed by atoms with E-state index in [0.717, 1.165) is 12.1 Å². The summed E-state index contributed by atoms with van der Waals surface area (Å²) >= 11 is 11.9. The van der Waals surface area contributed by atoms with Gasteiger partial charge < -0.3 is 5.32 Å². The van der Waals surface area contributed by atoms with Gasteiger partial charge in [0.25, 0.3) is 0 Å². The maximum absolute atomic E-state index is 11.8. The second-order valence-electron chi connectivity index (χ2n) is 3.86. The molecule has 0 atom stereocenters. The molecule has 0 radical (unpaired) electrons. The van der Waals surface area contributed by atoms with Gasteiger partial charge in [0.15, 0.2) is 0 Å². The van der Waals surface area contributed by atoms with Crippen molar-refractivity contribution in [2.24, 2.45) is 0 Å². The monoisotopic (exact) mass is 310 g/mol. The molecule has 4 nitrogen and oxygen atoms in total. The summed E-state index contributed by atoms with van der Waals surface area (Å²) in [7, 11) is -3.41. The highest BCUT2D eigenvalue weighted by Gasteiger charge is 2.13. The van der Waals surface area contributed by atoms with Gasteiger partial charge in [0, 0.05) is 11.6 Å². The number of hydrogen-bond acceptors (Lipinski definition) is 3. The van der Waals surface area contributed by atoms with Crippen molar-refractivity contribution < 1.29 is 8.42 Å². The number of benzene rings is 1. The zero-order valence-corrected chi connectivity index (χ0v) is 12.6. The van der Waals surface area contributed by atoms with Crippen molar-refractivity contribution in [3.63, 3.8) is 0 Å². The van der Waals surface area contributed by atoms with Crippen LogP contribution in [0.3, 0.4) is 0 Å². The molecule has 0 fully saturated rings. The Balaban J connectivity index is 2.81. The number of anilines is 1. The highest BCUT2D eigenvalue weighted by atomic mass is 35.5. The average molecular weight is 311 g/mol. The standard InChI is InChI=1S/C11H16Cl2N2O2S/c1-3-14-4-5-18(16,17)15-11-7-9(12)8(2)6-10(11)13/h6-7,14-15H,3-5H2,1-2H3. The summed E-state index contributed by atoms with van der Waals surface area (Å²) in [6.45, 7) is 4.84. The molecule has 0 aliphatic carbocycles. The van der Waals surface area contributed by atoms with Crippen LogP contribution in [0.4, 0.5) is 5.69 Å². The lowest BCUT2D eigenvalue weighted by Crippen LogP contribution is -2.26. The van der Waals surface area contributed by atoms with E-state index in [2.05, 4.69) is 10.0 Å². The largest absolute Gasteiger partial charge is 0.316 e. The molecule has 0 bridgehead atoms. The Morgan fingerprint density at radius 2 is 1.89 bits per heavy atom. The summed E-state index contributed by atoms with van der Waals surface area (Å²) in [6, 6.07) is 3.15. The molecule has 0 amide bonds. The van der Waals surface area contributed by atoms with Gasteiger partial charge in [-0.05, 0) is 31.2 Å². The number of sulfonamides is 1. The van der Waals surface area contributed by atoms with Crippen LogP contribution in [0.15, 0.2) is 12.1 Å². The first kappa shape index (κ1) is 15.6. The van der Waals surface area contributed by atoms with Gasteiger partial charge in [-0.15, -0.1) is 0 Å². The van der Waals surface area contributed by atoms with E-state index in [9.17, 15) is 8.42 Å². The van der Waals surface area contributed by atoms with Gasteiger partial charge in [-0.25, -0.2) is 8.42 Å². The number of aryl methyl sites for hydroxylation is 1. The van der Waals surface area contributed by atoms with E-state index >= 15 is 0 Å². The molecule has 0 aromatic heterocycles. The summed E-state index contributed by atoms with van der Waals surface area (Å²) in [6.07, 6.45) is 0. The fraction of sp³-hybridized carbons (Fsp3) is 0.455. The Morgan fingerprint density at radius 1 is 1.22 bits per heavy atom. The van der Waals surface area contributed by atoms with Crippen molar-refractivity contribution in [3.05, 3.63) is 27.7 Å². The van der Waals surface area contributed by atoms with E-state index in [0.29, 0.717) is 22.3 Å². The minimum absolute atomic E-state index is 0.0112. The number of rotatable bonds is 6. The van der Waals surface area contributed by atoms with Crippen molar-refractivity contribution in [1.29, 1.82) is 0 Å². The lowest BCUT2D eigenvalue weighted by molar-refractivity contribution is 0.597. The fourth-order valence-corrected chi connectivity index (χ4v) is 2.83. The zero-order valence-electron chi connectivity index (χ0n) is 10.3. The first-order valence-corrected chi connectivity index (χ1v) is 7.93. The Morgan fingerprint density at radius 3 is 2.50 bits per heavy atom. The van der Waals surface area contributed by atoms with E-state index in [1.54, 1.807) is 13.0 Å². The molecule has 0 aliphatic rings. The van der Waals surface area contributed by atoms with Gasteiger partial charge >= 0.3 is 0 Å². The molecule has 7 heteroatoms. The quantitative estimate of drug-likeness (QED) is 0.794. The average Bonchev–Trinajstić information content (AvgIpc) is 2.26. The van der Waals surface area contributed by atoms with Crippen LogP contribution in [0.2, 0.25) is 10.0 Å². The lowest BCUT2D eigenvalue weighted by Gasteiger charge is -2.11. The van der Waals surface area contributed by atoms with Crippen LogP contribution in [-0.2, 0) is 10.0 Å². The Kier molecular flexibility index (Phi) is 5.72. The molecular weight excluding hydrogens is 295 g/mol. The van der Waals surface area contributed by atoms with Crippen molar-refractivity contribution >= 4 is 38.9 Å². The third-order valence-corrected chi connectivity index (χ3v) is 4.30. The SMILES string of the molecule is CCNCCS(=O)(=O)Nc1cc(Cl)c(C)cc1Cl. The minimum atomic E-state index is -3.41. The second-order valence-corrected chi connectivity index (χ2v) is 6.51. The number of halogens is 2. The summed E-state index contributed by atoms with van der Waals surface area (Å²) < 4.78 is 26.0. The first-order valence-electron chi connectivity index (χ1n) is 5.52. The molecule has 2 N–H and O–H groups in total. The van der Waals surface area contributed by atoms with Crippen LogP contribution in [0.5, 0.6) is 0 Å². The third kappa shape index (κ3) is 4.65. The van der Waals surface area contributed by atoms with Crippen molar-refractivity contribution in [3.8, 4) is 0 Å². The molecule has 18 heavy (non-hydrogen) atoms. The normalized spacial score (nSPS) is 11.6. The van der Waals surface area contributed by atoms with E-state index in [1.807, 2.05) is 6.92 Å². The van der Waals surface area contributed by atoms with E-state index in [1.165, 1.54) is 6.07 Å². The maximum atomic E-state index is 11.8. The van der Waals surface area contributed by atoms with Crippen molar-refractivity contribution in [2.75, 3.05) is 23.6 Å². The predicted octanol–water partition coefficient (Wildman–Crippen LogP) is 2.65. The molecule has 102 valence electrons. The van der Waals surface area contributed by atoms with Crippen LogP contribution < -0.4 is 10.0 Å². The Bertz CT molecular complexity index is 518. The van der Waals surface area contributed by atoms with Gasteiger partial charge in [0.05, 0.1) is 16.5 Å². The highest BCUT2D eigenvalue weighted by Crippen LogP contribution is 2.29. The van der Waals surface area contributed by atoms with Crippen molar-refractivity contribution in [1.82, 2.24) is 5.32 Å². The third-order valence-electron chi connectivity index (χ3n) is 2.31. The minimum Gasteiger partial charge on any atom is -0.316 e. The lowest BCUT2D eigenvalue weighted by atomic mass is 10.2. The second kappa shape index (κ2) is 6.61. The number of nitrogens with one attached hydrogen (secondary N) is 2.